The molecule has 1 aliphatic heterocycles. The Kier molecular flexibility index (Phi) is 3.40. The molecule has 0 saturated carbocycles. The molecule has 1 aromatic carbocycles. The van der Waals surface area contributed by atoms with Gasteiger partial charge in [-0.2, -0.15) is 0 Å². The minimum absolute atomic E-state index is 0. The molecule has 1 atom stereocenters. The van der Waals surface area contributed by atoms with Crippen LogP contribution in [0.1, 0.15) is 51.7 Å². The van der Waals surface area contributed by atoms with Crippen LogP contribution in [0.5, 0.6) is 0 Å². The number of hydrogen-bond donors (Lipinski definition) is 0. The highest BCUT2D eigenvalue weighted by molar-refractivity contribution is 5.97. The van der Waals surface area contributed by atoms with E-state index in [1.54, 1.807) is 6.92 Å². The summed E-state index contributed by atoms with van der Waals surface area (Å²) in [5.74, 6) is -0.955. The molecular formula is C16H24ClNO. The normalized spacial score (nSPS) is 23.5. The zero-order valence-corrected chi connectivity index (χ0v) is 11.9. The van der Waals surface area contributed by atoms with Crippen LogP contribution in [-0.4, -0.2) is 30.3 Å². The lowest BCUT2D eigenvalue weighted by Crippen LogP contribution is -2.35. The standard InChI is InChI=1S/C16H23NO.ClH/c1-13-6-8-15(9-7-13)16(18)14(2)12-17-10-4-3-5-11-17;/h6-9,14H,3-5,10-12H2,1-2H3;1H/i1D3,6D,7D,8D,9D;. The maximum absolute atomic E-state index is 12.8. The first-order valence-electron chi connectivity index (χ1n) is 9.93. The maximum Gasteiger partial charge on any atom is 0.166 e. The van der Waals surface area contributed by atoms with Gasteiger partial charge in [-0.25, -0.2) is 0 Å². The zero-order chi connectivity index (χ0) is 18.9. The molecule has 0 radical (unpaired) electrons. The molecule has 1 unspecified atom stereocenters. The third-order valence-electron chi connectivity index (χ3n) is 3.30. The molecular weight excluding hydrogens is 258 g/mol. The minimum atomic E-state index is -2.76. The van der Waals surface area contributed by atoms with Crippen LogP contribution in [0, 0.1) is 12.8 Å². The van der Waals surface area contributed by atoms with E-state index in [-0.39, 0.29) is 18.0 Å². The number of ketones is 1. The lowest BCUT2D eigenvalue weighted by atomic mass is 9.97. The average Bonchev–Trinajstić information content (AvgIpc) is 2.53. The van der Waals surface area contributed by atoms with Crippen LogP contribution in [0.15, 0.2) is 24.2 Å². The highest BCUT2D eigenvalue weighted by Gasteiger charge is 2.19. The van der Waals surface area contributed by atoms with Crippen LogP contribution in [0.25, 0.3) is 0 Å². The quantitative estimate of drug-likeness (QED) is 0.787. The van der Waals surface area contributed by atoms with Crippen molar-refractivity contribution in [1.29, 1.82) is 0 Å². The van der Waals surface area contributed by atoms with E-state index >= 15 is 0 Å². The molecule has 0 amide bonds. The van der Waals surface area contributed by atoms with Crippen molar-refractivity contribution in [3.63, 3.8) is 0 Å². The van der Waals surface area contributed by atoms with Crippen molar-refractivity contribution >= 4 is 18.2 Å². The van der Waals surface area contributed by atoms with Crippen molar-refractivity contribution in [2.45, 2.75) is 33.0 Å². The third kappa shape index (κ3) is 4.63. The fourth-order valence-corrected chi connectivity index (χ4v) is 2.29. The van der Waals surface area contributed by atoms with Crippen LogP contribution in [0.4, 0.5) is 0 Å². The Morgan fingerprint density at radius 2 is 1.95 bits per heavy atom. The SMILES string of the molecule is Cl.[2H]c1c([2H])c(C([2H])([2H])[2H])c([2H])c([2H])c1C(=O)C(C)CN1CCCCC1. The predicted molar refractivity (Wildman–Crippen MR) is 82.2 cm³/mol. The molecule has 0 N–H and O–H groups in total. The lowest BCUT2D eigenvalue weighted by molar-refractivity contribution is 0.0883. The molecule has 0 spiro atoms. The summed E-state index contributed by atoms with van der Waals surface area (Å²) in [7, 11) is 0. The Labute approximate surface area is 132 Å². The maximum atomic E-state index is 12.8. The number of nitrogens with zero attached hydrogens (tertiary/aromatic N) is 1. The van der Waals surface area contributed by atoms with Gasteiger partial charge in [-0.05, 0) is 32.8 Å². The largest absolute Gasteiger partial charge is 0.303 e. The predicted octanol–water partition coefficient (Wildman–Crippen LogP) is 3.72. The lowest BCUT2D eigenvalue weighted by Gasteiger charge is -2.28. The first-order valence-corrected chi connectivity index (χ1v) is 6.43. The number of benzene rings is 1. The Morgan fingerprint density at radius 3 is 2.53 bits per heavy atom. The van der Waals surface area contributed by atoms with E-state index in [1.807, 2.05) is 0 Å². The summed E-state index contributed by atoms with van der Waals surface area (Å²) < 4.78 is 54.1. The Hall–Kier alpha value is -0.860. The van der Waals surface area contributed by atoms with E-state index in [1.165, 1.54) is 6.42 Å². The summed E-state index contributed by atoms with van der Waals surface area (Å²) in [5.41, 5.74) is -0.949. The van der Waals surface area contributed by atoms with Gasteiger partial charge in [-0.3, -0.25) is 4.79 Å². The molecule has 2 rings (SSSR count). The molecule has 1 fully saturated rings. The molecule has 19 heavy (non-hydrogen) atoms. The number of hydrogen-bond acceptors (Lipinski definition) is 2. The molecule has 1 aromatic rings. The van der Waals surface area contributed by atoms with Crippen LogP contribution in [0.2, 0.25) is 0 Å². The van der Waals surface area contributed by atoms with Crippen LogP contribution in [-0.2, 0) is 0 Å². The first kappa shape index (κ1) is 8.43. The third-order valence-corrected chi connectivity index (χ3v) is 3.30. The fraction of sp³-hybridized carbons (Fsp3) is 0.562. The van der Waals surface area contributed by atoms with Gasteiger partial charge in [0.15, 0.2) is 5.78 Å². The summed E-state index contributed by atoms with van der Waals surface area (Å²) in [4.78, 5) is 14.9. The molecule has 2 nitrogen and oxygen atoms in total. The van der Waals surface area contributed by atoms with Gasteiger partial charge in [0.05, 0.1) is 5.48 Å². The summed E-state index contributed by atoms with van der Waals surface area (Å²) >= 11 is 0. The minimum Gasteiger partial charge on any atom is -0.303 e. The Morgan fingerprint density at radius 1 is 1.32 bits per heavy atom. The second-order valence-corrected chi connectivity index (χ2v) is 4.88. The van der Waals surface area contributed by atoms with Crippen molar-refractivity contribution in [3.05, 3.63) is 35.3 Å². The number of halogens is 1. The van der Waals surface area contributed by atoms with E-state index in [2.05, 4.69) is 4.90 Å². The summed E-state index contributed by atoms with van der Waals surface area (Å²) in [6.45, 7) is 1.26. The van der Waals surface area contributed by atoms with E-state index in [4.69, 9.17) is 9.60 Å². The van der Waals surface area contributed by atoms with Crippen molar-refractivity contribution in [2.24, 2.45) is 5.92 Å². The molecule has 1 saturated heterocycles. The summed E-state index contributed by atoms with van der Waals surface area (Å²) in [6, 6.07) is -2.45. The number of Topliss-reactive ketones (excluding diaryl/α,β-unsaturated/α-hetero) is 1. The first-order chi connectivity index (χ1) is 11.6. The van der Waals surface area contributed by atoms with Gasteiger partial charge in [0.1, 0.15) is 0 Å². The summed E-state index contributed by atoms with van der Waals surface area (Å²) in [6.07, 6.45) is 3.33. The molecule has 3 heteroatoms. The molecule has 0 aliphatic carbocycles. The molecule has 106 valence electrons. The fourth-order valence-electron chi connectivity index (χ4n) is 2.29. The number of carbonyl (C=O) groups is 1. The van der Waals surface area contributed by atoms with E-state index in [0.717, 1.165) is 25.9 Å². The van der Waals surface area contributed by atoms with Crippen LogP contribution in [0.3, 0.4) is 0 Å². The van der Waals surface area contributed by atoms with Gasteiger partial charge in [-0.15, -0.1) is 12.4 Å². The van der Waals surface area contributed by atoms with E-state index < -0.39 is 48.3 Å². The van der Waals surface area contributed by atoms with Crippen molar-refractivity contribution in [1.82, 2.24) is 4.90 Å². The van der Waals surface area contributed by atoms with Gasteiger partial charge < -0.3 is 4.90 Å². The number of piperidine rings is 1. The number of likely N-dealkylation sites (tertiary alicyclic amines) is 1. The zero-order valence-electron chi connectivity index (χ0n) is 18.1. The molecule has 1 aliphatic rings. The van der Waals surface area contributed by atoms with Gasteiger partial charge in [0.25, 0.3) is 0 Å². The number of carbonyl (C=O) groups excluding carboxylic acids is 1. The second kappa shape index (κ2) is 7.66. The topological polar surface area (TPSA) is 20.3 Å². The highest BCUT2D eigenvalue weighted by atomic mass is 35.5. The average molecular weight is 289 g/mol. The highest BCUT2D eigenvalue weighted by Crippen LogP contribution is 2.15. The number of rotatable bonds is 4. The molecule has 0 bridgehead atoms. The molecule has 0 aromatic heterocycles. The van der Waals surface area contributed by atoms with Crippen LogP contribution >= 0.6 is 12.4 Å². The van der Waals surface area contributed by atoms with E-state index in [0.29, 0.717) is 6.54 Å². The smallest absolute Gasteiger partial charge is 0.166 e. The van der Waals surface area contributed by atoms with Crippen molar-refractivity contribution in [3.8, 4) is 0 Å². The molecule has 1 heterocycles. The second-order valence-electron chi connectivity index (χ2n) is 4.88. The Balaban J connectivity index is 0.00000338. The van der Waals surface area contributed by atoms with Gasteiger partial charge in [0.2, 0.25) is 0 Å². The van der Waals surface area contributed by atoms with Gasteiger partial charge in [0, 0.05) is 22.1 Å². The van der Waals surface area contributed by atoms with E-state index in [9.17, 15) is 4.79 Å². The van der Waals surface area contributed by atoms with Crippen molar-refractivity contribution < 1.29 is 14.4 Å². The monoisotopic (exact) mass is 288 g/mol. The van der Waals surface area contributed by atoms with Crippen molar-refractivity contribution in [2.75, 3.05) is 19.6 Å². The van der Waals surface area contributed by atoms with Gasteiger partial charge >= 0.3 is 0 Å². The summed E-state index contributed by atoms with van der Waals surface area (Å²) in [5, 5.41) is 0. The van der Waals surface area contributed by atoms with Gasteiger partial charge in [-0.1, -0.05) is 43.1 Å². The van der Waals surface area contributed by atoms with Crippen LogP contribution < -0.4 is 0 Å². The Bertz CT molecular complexity index is 643.